The first kappa shape index (κ1) is 13.5. The number of carbonyl (C=O) groups is 2. The van der Waals surface area contributed by atoms with Gasteiger partial charge in [-0.15, -0.1) is 0 Å². The fourth-order valence-electron chi connectivity index (χ4n) is 1.64. The molecule has 1 aromatic heterocycles. The smallest absolute Gasteiger partial charge is 0.309 e. The number of anilines is 2. The molecule has 0 radical (unpaired) electrons. The predicted octanol–water partition coefficient (Wildman–Crippen LogP) is 1.54. The molecule has 4 N–H and O–H groups in total. The number of carboxylic acids is 1. The Bertz CT molecular complexity index is 638. The Morgan fingerprint density at radius 3 is 2.65 bits per heavy atom. The molecule has 0 unspecified atom stereocenters. The van der Waals surface area contributed by atoms with Gasteiger partial charge in [0, 0.05) is 11.3 Å². The fourth-order valence-corrected chi connectivity index (χ4v) is 1.64. The minimum atomic E-state index is -0.950. The van der Waals surface area contributed by atoms with Gasteiger partial charge in [-0.3, -0.25) is 14.6 Å². The summed E-state index contributed by atoms with van der Waals surface area (Å²) >= 11 is 0. The summed E-state index contributed by atoms with van der Waals surface area (Å²) in [5, 5.41) is 11.3. The maximum atomic E-state index is 11.9. The Labute approximate surface area is 115 Å². The van der Waals surface area contributed by atoms with E-state index in [-0.39, 0.29) is 12.3 Å². The normalized spacial score (nSPS) is 10.0. The third-order valence-corrected chi connectivity index (χ3v) is 2.56. The Hall–Kier alpha value is -2.89. The van der Waals surface area contributed by atoms with E-state index in [4.69, 9.17) is 10.8 Å². The van der Waals surface area contributed by atoms with Crippen LogP contribution in [0.1, 0.15) is 16.1 Å². The monoisotopic (exact) mass is 271 g/mol. The first-order valence-electron chi connectivity index (χ1n) is 5.88. The van der Waals surface area contributed by atoms with Gasteiger partial charge in [-0.1, -0.05) is 6.07 Å². The minimum absolute atomic E-state index is 0.149. The molecule has 2 rings (SSSR count). The summed E-state index contributed by atoms with van der Waals surface area (Å²) < 4.78 is 0. The number of hydrogen-bond acceptors (Lipinski definition) is 4. The number of aromatic nitrogens is 1. The highest BCUT2D eigenvalue weighted by Gasteiger charge is 2.07. The Balaban J connectivity index is 2.06. The third-order valence-electron chi connectivity index (χ3n) is 2.56. The van der Waals surface area contributed by atoms with Gasteiger partial charge in [-0.25, -0.2) is 0 Å². The molecule has 0 bridgehead atoms. The first-order chi connectivity index (χ1) is 9.54. The van der Waals surface area contributed by atoms with E-state index >= 15 is 0 Å². The number of carbonyl (C=O) groups excluding carboxylic acids is 1. The lowest BCUT2D eigenvalue weighted by Crippen LogP contribution is -2.12. The number of nitrogens with one attached hydrogen (secondary N) is 1. The van der Waals surface area contributed by atoms with Gasteiger partial charge in [0.05, 0.1) is 24.0 Å². The summed E-state index contributed by atoms with van der Waals surface area (Å²) in [6.07, 6.45) is 1.27. The van der Waals surface area contributed by atoms with E-state index < -0.39 is 5.97 Å². The standard InChI is InChI=1S/C14H13N3O3/c15-10-3-1-2-9(6-10)14(20)17-12-5-4-11(16-8-12)7-13(18)19/h1-6,8H,7,15H2,(H,17,20)(H,18,19). The topological polar surface area (TPSA) is 105 Å². The number of hydrogen-bond donors (Lipinski definition) is 3. The molecule has 1 amide bonds. The Morgan fingerprint density at radius 1 is 1.25 bits per heavy atom. The van der Waals surface area contributed by atoms with Gasteiger partial charge in [0.15, 0.2) is 0 Å². The van der Waals surface area contributed by atoms with Crippen molar-refractivity contribution >= 4 is 23.3 Å². The van der Waals surface area contributed by atoms with Crippen LogP contribution in [0.5, 0.6) is 0 Å². The zero-order valence-electron chi connectivity index (χ0n) is 10.5. The fraction of sp³-hybridized carbons (Fsp3) is 0.0714. The quantitative estimate of drug-likeness (QED) is 0.731. The minimum Gasteiger partial charge on any atom is -0.481 e. The van der Waals surface area contributed by atoms with Crippen LogP contribution in [0.3, 0.4) is 0 Å². The average molecular weight is 271 g/mol. The van der Waals surface area contributed by atoms with E-state index in [1.807, 2.05) is 0 Å². The van der Waals surface area contributed by atoms with Crippen LogP contribution in [0.15, 0.2) is 42.6 Å². The van der Waals surface area contributed by atoms with Crippen molar-refractivity contribution in [2.45, 2.75) is 6.42 Å². The number of pyridine rings is 1. The lowest BCUT2D eigenvalue weighted by Gasteiger charge is -2.06. The van der Waals surface area contributed by atoms with E-state index in [2.05, 4.69) is 10.3 Å². The number of nitrogens with zero attached hydrogens (tertiary/aromatic N) is 1. The lowest BCUT2D eigenvalue weighted by atomic mass is 10.2. The maximum Gasteiger partial charge on any atom is 0.309 e. The number of benzene rings is 1. The predicted molar refractivity (Wildman–Crippen MR) is 74.4 cm³/mol. The van der Waals surface area contributed by atoms with Crippen molar-refractivity contribution in [3.05, 3.63) is 53.9 Å². The summed E-state index contributed by atoms with van der Waals surface area (Å²) in [5.41, 5.74) is 7.48. The van der Waals surface area contributed by atoms with Crippen molar-refractivity contribution in [2.24, 2.45) is 0 Å². The van der Waals surface area contributed by atoms with Gasteiger partial charge >= 0.3 is 5.97 Å². The molecule has 102 valence electrons. The largest absolute Gasteiger partial charge is 0.481 e. The molecule has 0 fully saturated rings. The van der Waals surface area contributed by atoms with Gasteiger partial charge in [-0.2, -0.15) is 0 Å². The zero-order valence-corrected chi connectivity index (χ0v) is 10.5. The van der Waals surface area contributed by atoms with Gasteiger partial charge < -0.3 is 16.2 Å². The van der Waals surface area contributed by atoms with Gasteiger partial charge in [-0.05, 0) is 30.3 Å². The second kappa shape index (κ2) is 5.83. The molecule has 6 nitrogen and oxygen atoms in total. The van der Waals surface area contributed by atoms with Crippen LogP contribution in [0.25, 0.3) is 0 Å². The molecule has 0 atom stereocenters. The first-order valence-corrected chi connectivity index (χ1v) is 5.88. The molecule has 0 aliphatic rings. The highest BCUT2D eigenvalue weighted by molar-refractivity contribution is 6.04. The van der Waals surface area contributed by atoms with Crippen molar-refractivity contribution in [1.29, 1.82) is 0 Å². The van der Waals surface area contributed by atoms with Crippen LogP contribution in [-0.2, 0) is 11.2 Å². The molecule has 0 aliphatic carbocycles. The van der Waals surface area contributed by atoms with Crippen LogP contribution in [0.4, 0.5) is 11.4 Å². The van der Waals surface area contributed by atoms with Crippen LogP contribution >= 0.6 is 0 Å². The van der Waals surface area contributed by atoms with Crippen molar-refractivity contribution in [3.8, 4) is 0 Å². The molecule has 0 saturated carbocycles. The molecule has 6 heteroatoms. The SMILES string of the molecule is Nc1cccc(C(=O)Nc2ccc(CC(=O)O)nc2)c1. The van der Waals surface area contributed by atoms with Gasteiger partial charge in [0.25, 0.3) is 5.91 Å². The number of nitrogen functional groups attached to an aromatic ring is 1. The highest BCUT2D eigenvalue weighted by atomic mass is 16.4. The van der Waals surface area contributed by atoms with E-state index in [0.29, 0.717) is 22.6 Å². The van der Waals surface area contributed by atoms with Crippen LogP contribution < -0.4 is 11.1 Å². The summed E-state index contributed by atoms with van der Waals surface area (Å²) in [4.78, 5) is 26.4. The molecule has 0 saturated heterocycles. The van der Waals surface area contributed by atoms with E-state index in [1.165, 1.54) is 6.20 Å². The van der Waals surface area contributed by atoms with Crippen molar-refractivity contribution in [2.75, 3.05) is 11.1 Å². The second-order valence-electron chi connectivity index (χ2n) is 4.19. The number of amides is 1. The summed E-state index contributed by atoms with van der Waals surface area (Å²) in [6.45, 7) is 0. The Morgan fingerprint density at radius 2 is 2.05 bits per heavy atom. The zero-order chi connectivity index (χ0) is 14.5. The third kappa shape index (κ3) is 3.55. The summed E-state index contributed by atoms with van der Waals surface area (Å²) in [6, 6.07) is 9.77. The molecule has 20 heavy (non-hydrogen) atoms. The molecule has 1 heterocycles. The van der Waals surface area contributed by atoms with Crippen LogP contribution in [0, 0.1) is 0 Å². The number of aliphatic carboxylic acids is 1. The number of nitrogens with two attached hydrogens (primary N) is 1. The van der Waals surface area contributed by atoms with Crippen LogP contribution in [0.2, 0.25) is 0 Å². The molecule has 0 spiro atoms. The second-order valence-corrected chi connectivity index (χ2v) is 4.19. The molecule has 2 aromatic rings. The van der Waals surface area contributed by atoms with E-state index in [9.17, 15) is 9.59 Å². The van der Waals surface area contributed by atoms with Gasteiger partial charge in [0.1, 0.15) is 0 Å². The van der Waals surface area contributed by atoms with E-state index in [0.717, 1.165) is 0 Å². The van der Waals surface area contributed by atoms with Crippen molar-refractivity contribution < 1.29 is 14.7 Å². The molecular weight excluding hydrogens is 258 g/mol. The maximum absolute atomic E-state index is 11.9. The molecule has 0 aliphatic heterocycles. The average Bonchev–Trinajstić information content (AvgIpc) is 2.40. The van der Waals surface area contributed by atoms with Crippen LogP contribution in [-0.4, -0.2) is 22.0 Å². The number of carboxylic acid groups (broad SMARTS) is 1. The highest BCUT2D eigenvalue weighted by Crippen LogP contribution is 2.11. The van der Waals surface area contributed by atoms with E-state index in [1.54, 1.807) is 36.4 Å². The number of rotatable bonds is 4. The molecular formula is C14H13N3O3. The summed E-state index contributed by atoms with van der Waals surface area (Å²) in [7, 11) is 0. The van der Waals surface area contributed by atoms with Crippen molar-refractivity contribution in [1.82, 2.24) is 4.98 Å². The van der Waals surface area contributed by atoms with Gasteiger partial charge in [0.2, 0.25) is 0 Å². The lowest BCUT2D eigenvalue weighted by molar-refractivity contribution is -0.136. The van der Waals surface area contributed by atoms with Crippen molar-refractivity contribution in [3.63, 3.8) is 0 Å². The Kier molecular flexibility index (Phi) is 3.95. The molecule has 1 aromatic carbocycles. The summed E-state index contributed by atoms with van der Waals surface area (Å²) in [5.74, 6) is -1.25.